The van der Waals surface area contributed by atoms with Gasteiger partial charge in [0.2, 0.25) is 0 Å². The van der Waals surface area contributed by atoms with E-state index in [0.717, 1.165) is 5.56 Å². The van der Waals surface area contributed by atoms with Crippen LogP contribution in [0, 0.1) is 5.82 Å². The smallest absolute Gasteiger partial charge is 0.153 e. The number of hydrogen-bond donors (Lipinski definition) is 2. The minimum Gasteiger partial charge on any atom is -0.391 e. The highest BCUT2D eigenvalue weighted by molar-refractivity contribution is 6.35. The summed E-state index contributed by atoms with van der Waals surface area (Å²) in [4.78, 5) is 9.87. The molecule has 1 aliphatic rings. The van der Waals surface area contributed by atoms with Gasteiger partial charge in [-0.25, -0.2) is 14.4 Å². The predicted molar refractivity (Wildman–Crippen MR) is 78.6 cm³/mol. The Hall–Kier alpha value is -1.92. The first-order chi connectivity index (χ1) is 10.1. The average Bonchev–Trinajstić information content (AvgIpc) is 2.84. The van der Waals surface area contributed by atoms with Gasteiger partial charge < -0.3 is 15.7 Å². The summed E-state index contributed by atoms with van der Waals surface area (Å²) in [5.74, 6) is 0.379. The van der Waals surface area contributed by atoms with E-state index in [4.69, 9.17) is 17.3 Å². The summed E-state index contributed by atoms with van der Waals surface area (Å²) in [5, 5.41) is 10.2. The molecule has 7 heteroatoms. The maximum Gasteiger partial charge on any atom is 0.153 e. The Balaban J connectivity index is 1.99. The number of aromatic nitrogens is 2. The number of aliphatic hydroxyl groups excluding tert-OH is 1. The Morgan fingerprint density at radius 1 is 1.29 bits per heavy atom. The minimum absolute atomic E-state index is 0.132. The number of benzene rings is 1. The van der Waals surface area contributed by atoms with Gasteiger partial charge >= 0.3 is 0 Å². The molecule has 110 valence electrons. The van der Waals surface area contributed by atoms with Crippen molar-refractivity contribution in [2.24, 2.45) is 0 Å². The molecule has 2 aromatic rings. The molecule has 21 heavy (non-hydrogen) atoms. The van der Waals surface area contributed by atoms with Crippen molar-refractivity contribution in [1.82, 2.24) is 9.97 Å². The van der Waals surface area contributed by atoms with Gasteiger partial charge in [-0.15, -0.1) is 0 Å². The number of nitrogens with two attached hydrogens (primary N) is 1. The first-order valence-electron chi connectivity index (χ1n) is 6.52. The highest BCUT2D eigenvalue weighted by atomic mass is 35.5. The molecule has 1 aliphatic heterocycles. The number of hydrogen-bond acceptors (Lipinski definition) is 5. The fourth-order valence-electron chi connectivity index (χ4n) is 2.62. The molecular formula is C14H14ClFN4O. The zero-order valence-corrected chi connectivity index (χ0v) is 11.8. The Kier molecular flexibility index (Phi) is 3.65. The van der Waals surface area contributed by atoms with Gasteiger partial charge in [-0.1, -0.05) is 23.7 Å². The van der Waals surface area contributed by atoms with Crippen molar-refractivity contribution in [2.45, 2.75) is 18.6 Å². The van der Waals surface area contributed by atoms with Crippen LogP contribution in [-0.2, 0) is 0 Å². The van der Waals surface area contributed by atoms with E-state index in [2.05, 4.69) is 9.97 Å². The maximum absolute atomic E-state index is 13.1. The molecule has 2 heterocycles. The third-order valence-corrected chi connectivity index (χ3v) is 3.97. The first kappa shape index (κ1) is 14.0. The van der Waals surface area contributed by atoms with Crippen LogP contribution in [0.4, 0.5) is 16.0 Å². The van der Waals surface area contributed by atoms with Crippen LogP contribution in [0.1, 0.15) is 18.0 Å². The van der Waals surface area contributed by atoms with Gasteiger partial charge in [-0.3, -0.25) is 0 Å². The summed E-state index contributed by atoms with van der Waals surface area (Å²) in [6, 6.07) is 6.06. The first-order valence-corrected chi connectivity index (χ1v) is 6.90. The molecule has 3 rings (SSSR count). The summed E-state index contributed by atoms with van der Waals surface area (Å²) in [6.45, 7) is 0.387. The Labute approximate surface area is 126 Å². The number of nitrogens with zero attached hydrogens (tertiary/aromatic N) is 3. The Morgan fingerprint density at radius 3 is 2.71 bits per heavy atom. The van der Waals surface area contributed by atoms with Gasteiger partial charge in [-0.2, -0.15) is 0 Å². The van der Waals surface area contributed by atoms with Gasteiger partial charge in [0.1, 0.15) is 23.0 Å². The molecule has 1 aromatic carbocycles. The molecule has 0 aliphatic carbocycles. The fourth-order valence-corrected chi connectivity index (χ4v) is 2.83. The van der Waals surface area contributed by atoms with Crippen molar-refractivity contribution in [3.8, 4) is 0 Å². The van der Waals surface area contributed by atoms with Crippen LogP contribution in [0.3, 0.4) is 0 Å². The number of β-amino-alcohol motifs (C(OH)–C–C–N with tert-alkyl or cyclic N) is 1. The van der Waals surface area contributed by atoms with Crippen LogP contribution >= 0.6 is 11.6 Å². The average molecular weight is 309 g/mol. The van der Waals surface area contributed by atoms with Crippen molar-refractivity contribution in [3.05, 3.63) is 47.0 Å². The standard InChI is InChI=1S/C14H14ClFN4O/c15-12-13(17)18-7-19-14(12)20-6-10(21)5-11(20)8-1-3-9(16)4-2-8/h1-4,7,10-11,21H,5-6H2,(H2,17,18,19)/t10-,11-/m1/s1. The van der Waals surface area contributed by atoms with Gasteiger partial charge in [0.15, 0.2) is 5.82 Å². The summed E-state index contributed by atoms with van der Waals surface area (Å²) in [6.07, 6.45) is 1.35. The number of nitrogen functional groups attached to an aromatic ring is 1. The van der Waals surface area contributed by atoms with Crippen molar-refractivity contribution in [2.75, 3.05) is 17.2 Å². The zero-order valence-electron chi connectivity index (χ0n) is 11.1. The van der Waals surface area contributed by atoms with E-state index >= 15 is 0 Å². The molecule has 1 aromatic heterocycles. The van der Waals surface area contributed by atoms with Gasteiger partial charge in [0.05, 0.1) is 12.1 Å². The summed E-state index contributed by atoms with van der Waals surface area (Å²) < 4.78 is 13.1. The SMILES string of the molecule is Nc1ncnc(N2C[C@H](O)C[C@@H]2c2ccc(F)cc2)c1Cl. The monoisotopic (exact) mass is 308 g/mol. The van der Waals surface area contributed by atoms with E-state index in [1.807, 2.05) is 4.90 Å². The summed E-state index contributed by atoms with van der Waals surface area (Å²) >= 11 is 6.17. The molecule has 1 fully saturated rings. The van der Waals surface area contributed by atoms with Crippen LogP contribution < -0.4 is 10.6 Å². The highest BCUT2D eigenvalue weighted by Crippen LogP contribution is 2.39. The van der Waals surface area contributed by atoms with Crippen LogP contribution in [0.25, 0.3) is 0 Å². The van der Waals surface area contributed by atoms with Crippen LogP contribution in [0.2, 0.25) is 5.02 Å². The molecule has 0 spiro atoms. The molecule has 0 amide bonds. The van der Waals surface area contributed by atoms with Crippen molar-refractivity contribution in [1.29, 1.82) is 0 Å². The lowest BCUT2D eigenvalue weighted by atomic mass is 10.0. The van der Waals surface area contributed by atoms with E-state index in [9.17, 15) is 9.50 Å². The largest absolute Gasteiger partial charge is 0.391 e. The minimum atomic E-state index is -0.507. The molecule has 0 radical (unpaired) electrons. The lowest BCUT2D eigenvalue weighted by molar-refractivity contribution is 0.194. The van der Waals surface area contributed by atoms with Gasteiger partial charge in [-0.05, 0) is 24.1 Å². The topological polar surface area (TPSA) is 75.3 Å². The van der Waals surface area contributed by atoms with Crippen LogP contribution in [-0.4, -0.2) is 27.7 Å². The van der Waals surface area contributed by atoms with Gasteiger partial charge in [0, 0.05) is 6.54 Å². The third-order valence-electron chi connectivity index (χ3n) is 3.60. The molecule has 3 N–H and O–H groups in total. The number of aliphatic hydroxyl groups is 1. The molecular weight excluding hydrogens is 295 g/mol. The highest BCUT2D eigenvalue weighted by Gasteiger charge is 2.34. The summed E-state index contributed by atoms with van der Waals surface area (Å²) in [7, 11) is 0. The van der Waals surface area contributed by atoms with Crippen molar-refractivity contribution in [3.63, 3.8) is 0 Å². The molecule has 2 atom stereocenters. The maximum atomic E-state index is 13.1. The third kappa shape index (κ3) is 2.64. The van der Waals surface area contributed by atoms with Crippen LogP contribution in [0.15, 0.2) is 30.6 Å². The Bertz CT molecular complexity index is 652. The summed E-state index contributed by atoms with van der Waals surface area (Å²) in [5.41, 5.74) is 6.60. The lowest BCUT2D eigenvalue weighted by Crippen LogP contribution is -2.26. The second-order valence-electron chi connectivity index (χ2n) is 5.01. The van der Waals surface area contributed by atoms with E-state index in [1.54, 1.807) is 12.1 Å². The Morgan fingerprint density at radius 2 is 2.00 bits per heavy atom. The second-order valence-corrected chi connectivity index (χ2v) is 5.38. The fraction of sp³-hybridized carbons (Fsp3) is 0.286. The van der Waals surface area contributed by atoms with E-state index in [0.29, 0.717) is 18.8 Å². The van der Waals surface area contributed by atoms with E-state index < -0.39 is 6.10 Å². The molecule has 0 bridgehead atoms. The molecule has 0 unspecified atom stereocenters. The van der Waals surface area contributed by atoms with Gasteiger partial charge in [0.25, 0.3) is 0 Å². The second kappa shape index (κ2) is 5.46. The van der Waals surface area contributed by atoms with E-state index in [1.165, 1.54) is 18.5 Å². The van der Waals surface area contributed by atoms with Crippen LogP contribution in [0.5, 0.6) is 0 Å². The number of rotatable bonds is 2. The van der Waals surface area contributed by atoms with E-state index in [-0.39, 0.29) is 22.7 Å². The predicted octanol–water partition coefficient (Wildman–Crippen LogP) is 2.16. The van der Waals surface area contributed by atoms with Crippen molar-refractivity contribution >= 4 is 23.2 Å². The normalized spacial score (nSPS) is 21.8. The quantitative estimate of drug-likeness (QED) is 0.889. The number of anilines is 2. The number of halogens is 2. The van der Waals surface area contributed by atoms with Crippen molar-refractivity contribution < 1.29 is 9.50 Å². The zero-order chi connectivity index (χ0) is 15.0. The molecule has 0 saturated carbocycles. The molecule has 5 nitrogen and oxygen atoms in total. The lowest BCUT2D eigenvalue weighted by Gasteiger charge is -2.26. The molecule has 1 saturated heterocycles.